The lowest BCUT2D eigenvalue weighted by Crippen LogP contribution is -2.56. The largest absolute Gasteiger partial charge is 0.467 e. The summed E-state index contributed by atoms with van der Waals surface area (Å²) in [5, 5.41) is 0. The predicted octanol–water partition coefficient (Wildman–Crippen LogP) is 2.26. The first kappa shape index (κ1) is 24.6. The zero-order valence-electron chi connectivity index (χ0n) is 19.1. The van der Waals surface area contributed by atoms with Gasteiger partial charge in [-0.2, -0.15) is 0 Å². The van der Waals surface area contributed by atoms with Gasteiger partial charge in [0.05, 0.1) is 26.3 Å². The number of amides is 1. The van der Waals surface area contributed by atoms with Gasteiger partial charge in [0.2, 0.25) is 5.91 Å². The molecule has 0 radical (unpaired) electrons. The van der Waals surface area contributed by atoms with E-state index in [0.29, 0.717) is 11.1 Å². The fourth-order valence-corrected chi connectivity index (χ4v) is 3.87. The summed E-state index contributed by atoms with van der Waals surface area (Å²) in [4.78, 5) is 64.1. The van der Waals surface area contributed by atoms with Gasteiger partial charge in [-0.1, -0.05) is 42.5 Å². The zero-order chi connectivity index (χ0) is 24.8. The molecule has 34 heavy (non-hydrogen) atoms. The van der Waals surface area contributed by atoms with E-state index in [1.54, 1.807) is 30.3 Å². The average Bonchev–Trinajstić information content (AvgIpc) is 2.84. The van der Waals surface area contributed by atoms with Crippen LogP contribution < -0.4 is 0 Å². The summed E-state index contributed by atoms with van der Waals surface area (Å²) >= 11 is 0. The highest BCUT2D eigenvalue weighted by Crippen LogP contribution is 2.26. The molecule has 1 aliphatic heterocycles. The van der Waals surface area contributed by atoms with Crippen molar-refractivity contribution < 1.29 is 33.4 Å². The molecule has 1 amide bonds. The predicted molar refractivity (Wildman–Crippen MR) is 123 cm³/mol. The number of likely N-dealkylation sites (tertiary alicyclic amines) is 1. The molecule has 0 spiro atoms. The molecule has 2 aromatic rings. The number of nitrogens with zero attached hydrogens (tertiary/aromatic N) is 1. The fourth-order valence-electron chi connectivity index (χ4n) is 3.87. The van der Waals surface area contributed by atoms with Gasteiger partial charge in [0.15, 0.2) is 11.7 Å². The maximum atomic E-state index is 13.2. The maximum Gasteiger partial charge on any atom is 0.337 e. The van der Waals surface area contributed by atoms with Gasteiger partial charge in [-0.3, -0.25) is 14.4 Å². The normalized spacial score (nSPS) is 17.9. The van der Waals surface area contributed by atoms with Crippen molar-refractivity contribution in [2.45, 2.75) is 19.4 Å². The average molecular weight is 463 g/mol. The van der Waals surface area contributed by atoms with Crippen LogP contribution in [0.3, 0.4) is 0 Å². The first-order chi connectivity index (χ1) is 16.3. The summed E-state index contributed by atoms with van der Waals surface area (Å²) in [7, 11) is 2.50. The highest BCUT2D eigenvalue weighted by atomic mass is 16.5. The Balaban J connectivity index is 1.99. The molecule has 8 heteroatoms. The zero-order valence-corrected chi connectivity index (χ0v) is 19.1. The molecule has 2 atom stereocenters. The van der Waals surface area contributed by atoms with Gasteiger partial charge >= 0.3 is 11.9 Å². The quantitative estimate of drug-likeness (QED) is 0.352. The Morgan fingerprint density at radius 3 is 2.21 bits per heavy atom. The van der Waals surface area contributed by atoms with Crippen molar-refractivity contribution in [2.24, 2.45) is 5.92 Å². The van der Waals surface area contributed by atoms with Gasteiger partial charge in [0.1, 0.15) is 11.8 Å². The summed E-state index contributed by atoms with van der Waals surface area (Å²) in [5.74, 6) is -4.60. The Labute approximate surface area is 197 Å². The number of methoxy groups -OCH3 is 2. The molecular formula is C26H25NO7. The van der Waals surface area contributed by atoms with Crippen LogP contribution in [0.4, 0.5) is 0 Å². The Morgan fingerprint density at radius 2 is 1.65 bits per heavy atom. The first-order valence-corrected chi connectivity index (χ1v) is 10.6. The Bertz CT molecular complexity index is 1140. The van der Waals surface area contributed by atoms with E-state index in [4.69, 9.17) is 4.74 Å². The van der Waals surface area contributed by atoms with Crippen LogP contribution in [0.5, 0.6) is 0 Å². The molecule has 176 valence electrons. The molecule has 0 N–H and O–H groups in total. The van der Waals surface area contributed by atoms with E-state index in [9.17, 15) is 24.0 Å². The molecule has 2 unspecified atom stereocenters. The van der Waals surface area contributed by atoms with Crippen molar-refractivity contribution in [1.29, 1.82) is 0 Å². The molecule has 1 aliphatic rings. The number of carbonyl (C=O) groups is 5. The first-order valence-electron chi connectivity index (χ1n) is 10.6. The van der Waals surface area contributed by atoms with E-state index >= 15 is 0 Å². The molecule has 2 aromatic carbocycles. The highest BCUT2D eigenvalue weighted by molar-refractivity contribution is 6.26. The molecular weight excluding hydrogens is 438 g/mol. The van der Waals surface area contributed by atoms with Crippen molar-refractivity contribution in [2.75, 3.05) is 20.8 Å². The van der Waals surface area contributed by atoms with Crippen molar-refractivity contribution in [1.82, 2.24) is 4.90 Å². The van der Waals surface area contributed by atoms with Gasteiger partial charge in [-0.25, -0.2) is 9.59 Å². The lowest BCUT2D eigenvalue weighted by Gasteiger charge is -2.36. The Kier molecular flexibility index (Phi) is 7.73. The van der Waals surface area contributed by atoms with Gasteiger partial charge in [0, 0.05) is 12.0 Å². The number of benzene rings is 2. The van der Waals surface area contributed by atoms with Crippen molar-refractivity contribution in [3.63, 3.8) is 0 Å². The van der Waals surface area contributed by atoms with Crippen molar-refractivity contribution >= 4 is 35.5 Å². The molecule has 1 fully saturated rings. The van der Waals surface area contributed by atoms with Crippen LogP contribution in [0.15, 0.2) is 60.2 Å². The molecule has 0 aliphatic carbocycles. The lowest BCUT2D eigenvalue weighted by atomic mass is 9.86. The monoisotopic (exact) mass is 463 g/mol. The Morgan fingerprint density at radius 1 is 1.00 bits per heavy atom. The highest BCUT2D eigenvalue weighted by Gasteiger charge is 2.45. The summed E-state index contributed by atoms with van der Waals surface area (Å²) in [6.07, 6.45) is 1.72. The number of hydrogen-bond acceptors (Lipinski definition) is 7. The second-order valence-corrected chi connectivity index (χ2v) is 7.89. The molecule has 3 rings (SSSR count). The van der Waals surface area contributed by atoms with Crippen LogP contribution in [0, 0.1) is 5.92 Å². The smallest absolute Gasteiger partial charge is 0.337 e. The van der Waals surface area contributed by atoms with Crippen LogP contribution in [-0.4, -0.2) is 61.1 Å². The molecule has 1 heterocycles. The van der Waals surface area contributed by atoms with Gasteiger partial charge in [-0.05, 0) is 36.3 Å². The molecule has 8 nitrogen and oxygen atoms in total. The summed E-state index contributed by atoms with van der Waals surface area (Å²) < 4.78 is 9.63. The third kappa shape index (κ3) is 5.28. The van der Waals surface area contributed by atoms with Gasteiger partial charge < -0.3 is 14.4 Å². The summed E-state index contributed by atoms with van der Waals surface area (Å²) in [5.41, 5.74) is 1.93. The van der Waals surface area contributed by atoms with Crippen molar-refractivity contribution in [3.8, 4) is 0 Å². The summed E-state index contributed by atoms with van der Waals surface area (Å²) in [6, 6.07) is 14.4. The van der Waals surface area contributed by atoms with E-state index in [2.05, 4.69) is 4.74 Å². The SMILES string of the molecule is COC(=O)c1ccc(/C=C2\CN(C(Cc3ccccc3)C(=O)OC)C(=O)C(C(C)=O)C2=O)cc1. The number of ether oxygens (including phenoxy) is 2. The van der Waals surface area contributed by atoms with Crippen LogP contribution >= 0.6 is 0 Å². The summed E-state index contributed by atoms with van der Waals surface area (Å²) in [6.45, 7) is 1.02. The van der Waals surface area contributed by atoms with Gasteiger partial charge in [0.25, 0.3) is 0 Å². The molecule has 0 bridgehead atoms. The number of hydrogen-bond donors (Lipinski definition) is 0. The van der Waals surface area contributed by atoms with Crippen LogP contribution in [0.2, 0.25) is 0 Å². The topological polar surface area (TPSA) is 107 Å². The minimum Gasteiger partial charge on any atom is -0.467 e. The maximum absolute atomic E-state index is 13.2. The van der Waals surface area contributed by atoms with E-state index in [1.165, 1.54) is 26.0 Å². The molecule has 0 aromatic heterocycles. The number of rotatable bonds is 7. The minimum absolute atomic E-state index is 0.160. The van der Waals surface area contributed by atoms with E-state index in [0.717, 1.165) is 5.56 Å². The second-order valence-electron chi connectivity index (χ2n) is 7.89. The number of ketones is 2. The lowest BCUT2D eigenvalue weighted by molar-refractivity contribution is -0.158. The number of esters is 2. The number of Topliss-reactive ketones (excluding diaryl/α,β-unsaturated/α-hetero) is 2. The minimum atomic E-state index is -1.53. The van der Waals surface area contributed by atoms with E-state index in [1.807, 2.05) is 30.3 Å². The third-order valence-electron chi connectivity index (χ3n) is 5.65. The van der Waals surface area contributed by atoms with E-state index < -0.39 is 41.4 Å². The Hall–Kier alpha value is -4.07. The van der Waals surface area contributed by atoms with Crippen LogP contribution in [-0.2, 0) is 35.1 Å². The van der Waals surface area contributed by atoms with E-state index in [-0.39, 0.29) is 18.5 Å². The number of piperidine rings is 1. The van der Waals surface area contributed by atoms with Crippen molar-refractivity contribution in [3.05, 3.63) is 76.9 Å². The van der Waals surface area contributed by atoms with Gasteiger partial charge in [-0.15, -0.1) is 0 Å². The fraction of sp³-hybridized carbons (Fsp3) is 0.269. The molecule has 1 saturated heterocycles. The second kappa shape index (κ2) is 10.7. The standard InChI is InChI=1S/C26H25NO7/c1-16(28)22-23(29)20(13-18-9-11-19(12-10-18)25(31)33-2)15-27(24(22)30)21(26(32)34-3)14-17-7-5-4-6-8-17/h4-13,21-22H,14-15H2,1-3H3/b20-13+. The van der Waals surface area contributed by atoms with Crippen LogP contribution in [0.1, 0.15) is 28.4 Å². The third-order valence-corrected chi connectivity index (χ3v) is 5.65. The molecule has 0 saturated carbocycles. The number of carbonyl (C=O) groups excluding carboxylic acids is 5. The van der Waals surface area contributed by atoms with Crippen LogP contribution in [0.25, 0.3) is 6.08 Å².